The highest BCUT2D eigenvalue weighted by atomic mass is 35.5. The number of hydrogen-bond donors (Lipinski definition) is 0. The van der Waals surface area contributed by atoms with Gasteiger partial charge >= 0.3 is 0 Å². The van der Waals surface area contributed by atoms with Gasteiger partial charge < -0.3 is 4.74 Å². The van der Waals surface area contributed by atoms with Crippen LogP contribution in [0.25, 0.3) is 0 Å². The van der Waals surface area contributed by atoms with Gasteiger partial charge in [-0.25, -0.2) is 4.98 Å². The summed E-state index contributed by atoms with van der Waals surface area (Å²) in [7, 11) is 0. The number of rotatable bonds is 5. The first-order valence-corrected chi connectivity index (χ1v) is 7.60. The summed E-state index contributed by atoms with van der Waals surface area (Å²) in [4.78, 5) is 4.45. The monoisotopic (exact) mass is 329 g/mol. The van der Waals surface area contributed by atoms with Crippen LogP contribution in [0.15, 0.2) is 30.3 Å². The maximum Gasteiger partial charge on any atom is 0.219 e. The summed E-state index contributed by atoms with van der Waals surface area (Å²) in [5, 5.41) is 0.829. The minimum atomic E-state index is 0.379. The number of hydrogen-bond acceptors (Lipinski definition) is 2. The van der Waals surface area contributed by atoms with E-state index in [9.17, 15) is 0 Å². The molecule has 2 aromatic rings. The summed E-state index contributed by atoms with van der Waals surface area (Å²) in [6.07, 6.45) is 1.89. The number of nitrogens with zero attached hydrogens (tertiary/aromatic N) is 1. The highest BCUT2D eigenvalue weighted by molar-refractivity contribution is 6.42. The molecule has 0 saturated carbocycles. The molecule has 0 amide bonds. The molecule has 0 aliphatic carbocycles. The van der Waals surface area contributed by atoms with E-state index in [-0.39, 0.29) is 0 Å². The van der Waals surface area contributed by atoms with Gasteiger partial charge in [0.05, 0.1) is 5.02 Å². The molecule has 0 radical (unpaired) electrons. The second kappa shape index (κ2) is 7.16. The predicted octanol–water partition coefficient (Wildman–Crippen LogP) is 5.87. The molecule has 0 bridgehead atoms. The lowest BCUT2D eigenvalue weighted by atomic mass is 10.2. The Morgan fingerprint density at radius 1 is 1.20 bits per heavy atom. The number of alkyl halides is 1. The Morgan fingerprint density at radius 2 is 2.00 bits per heavy atom. The van der Waals surface area contributed by atoms with Gasteiger partial charge in [-0.2, -0.15) is 0 Å². The molecule has 106 valence electrons. The second-order valence-corrected chi connectivity index (χ2v) is 5.40. The van der Waals surface area contributed by atoms with E-state index < -0.39 is 0 Å². The molecule has 5 heteroatoms. The fraction of sp³-hybridized carbons (Fsp3) is 0.267. The summed E-state index contributed by atoms with van der Waals surface area (Å²) in [5.41, 5.74) is 1.93. The maximum absolute atomic E-state index is 6.11. The third-order valence-corrected chi connectivity index (χ3v) is 3.82. The van der Waals surface area contributed by atoms with Crippen LogP contribution in [0.1, 0.15) is 24.6 Å². The van der Waals surface area contributed by atoms with Crippen molar-refractivity contribution < 1.29 is 4.74 Å². The van der Waals surface area contributed by atoms with Crippen molar-refractivity contribution in [3.05, 3.63) is 51.6 Å². The smallest absolute Gasteiger partial charge is 0.219 e. The lowest BCUT2D eigenvalue weighted by molar-refractivity contribution is 0.460. The molecule has 1 heterocycles. The summed E-state index contributed by atoms with van der Waals surface area (Å²) in [5.74, 6) is 1.38. The lowest BCUT2D eigenvalue weighted by Crippen LogP contribution is -1.96. The molecule has 0 aliphatic heterocycles. The molecular weight excluding hydrogens is 317 g/mol. The lowest BCUT2D eigenvalue weighted by Gasteiger charge is -2.10. The number of ether oxygens (including phenoxy) is 1. The number of aryl methyl sites for hydroxylation is 1. The molecule has 0 fully saturated rings. The fourth-order valence-corrected chi connectivity index (χ4v) is 2.29. The molecule has 1 aromatic heterocycles. The van der Waals surface area contributed by atoms with E-state index in [0.29, 0.717) is 27.6 Å². The highest BCUT2D eigenvalue weighted by Crippen LogP contribution is 2.34. The van der Waals surface area contributed by atoms with Crippen molar-refractivity contribution in [2.75, 3.05) is 0 Å². The Labute approximate surface area is 133 Å². The van der Waals surface area contributed by atoms with Gasteiger partial charge in [0.25, 0.3) is 0 Å². The van der Waals surface area contributed by atoms with Gasteiger partial charge in [-0.15, -0.1) is 11.6 Å². The molecule has 2 rings (SSSR count). The van der Waals surface area contributed by atoms with Gasteiger partial charge in [-0.3, -0.25) is 0 Å². The van der Waals surface area contributed by atoms with E-state index in [1.807, 2.05) is 12.1 Å². The summed E-state index contributed by atoms with van der Waals surface area (Å²) in [6.45, 7) is 2.10. The molecule has 0 atom stereocenters. The van der Waals surface area contributed by atoms with Crippen LogP contribution in [0, 0.1) is 0 Å². The van der Waals surface area contributed by atoms with Crippen LogP contribution < -0.4 is 4.74 Å². The Morgan fingerprint density at radius 3 is 2.70 bits per heavy atom. The average molecular weight is 331 g/mol. The van der Waals surface area contributed by atoms with Crippen molar-refractivity contribution in [3.8, 4) is 11.6 Å². The van der Waals surface area contributed by atoms with E-state index >= 15 is 0 Å². The van der Waals surface area contributed by atoms with Gasteiger partial charge in [0.2, 0.25) is 5.88 Å². The maximum atomic E-state index is 6.11. The van der Waals surface area contributed by atoms with Crippen molar-refractivity contribution in [1.29, 1.82) is 0 Å². The van der Waals surface area contributed by atoms with Crippen LogP contribution in [-0.4, -0.2) is 4.98 Å². The predicted molar refractivity (Wildman–Crippen MR) is 84.3 cm³/mol. The van der Waals surface area contributed by atoms with Gasteiger partial charge in [0.15, 0.2) is 0 Å². The number of benzene rings is 1. The molecule has 0 spiro atoms. The second-order valence-electron chi connectivity index (χ2n) is 4.34. The molecule has 20 heavy (non-hydrogen) atoms. The van der Waals surface area contributed by atoms with E-state index in [2.05, 4.69) is 11.9 Å². The van der Waals surface area contributed by atoms with Crippen LogP contribution in [0.4, 0.5) is 0 Å². The molecular formula is C15H14Cl3NO. The largest absolute Gasteiger partial charge is 0.437 e. The van der Waals surface area contributed by atoms with Crippen LogP contribution in [0.3, 0.4) is 0 Å². The molecule has 0 saturated heterocycles. The minimum absolute atomic E-state index is 0.379. The van der Waals surface area contributed by atoms with Gasteiger partial charge in [0, 0.05) is 17.6 Å². The Hall–Kier alpha value is -0.960. The first kappa shape index (κ1) is 15.4. The highest BCUT2D eigenvalue weighted by Gasteiger charge is 2.09. The van der Waals surface area contributed by atoms with E-state index in [4.69, 9.17) is 39.5 Å². The molecule has 0 unspecified atom stereocenters. The first-order valence-electron chi connectivity index (χ1n) is 6.31. The topological polar surface area (TPSA) is 22.1 Å². The van der Waals surface area contributed by atoms with Gasteiger partial charge in [0.1, 0.15) is 10.8 Å². The number of pyridine rings is 1. The van der Waals surface area contributed by atoms with Gasteiger partial charge in [-0.1, -0.05) is 42.6 Å². The molecule has 2 nitrogen and oxygen atoms in total. The molecule has 0 N–H and O–H groups in total. The minimum Gasteiger partial charge on any atom is -0.437 e. The van der Waals surface area contributed by atoms with Crippen LogP contribution in [0.2, 0.25) is 10.0 Å². The third-order valence-electron chi connectivity index (χ3n) is 2.71. The zero-order valence-corrected chi connectivity index (χ0v) is 13.3. The van der Waals surface area contributed by atoms with E-state index in [1.54, 1.807) is 18.2 Å². The first-order chi connectivity index (χ1) is 9.63. The molecule has 1 aromatic carbocycles. The normalized spacial score (nSPS) is 10.6. The van der Waals surface area contributed by atoms with E-state index in [1.165, 1.54) is 0 Å². The Bertz CT molecular complexity index is 602. The van der Waals surface area contributed by atoms with Crippen LogP contribution in [-0.2, 0) is 12.3 Å². The zero-order chi connectivity index (χ0) is 14.5. The van der Waals surface area contributed by atoms with Crippen molar-refractivity contribution in [2.24, 2.45) is 0 Å². The average Bonchev–Trinajstić information content (AvgIpc) is 2.44. The summed E-state index contributed by atoms with van der Waals surface area (Å²) in [6, 6.07) is 9.04. The molecule has 0 aliphatic rings. The summed E-state index contributed by atoms with van der Waals surface area (Å²) >= 11 is 18.0. The quantitative estimate of drug-likeness (QED) is 0.639. The van der Waals surface area contributed by atoms with Crippen molar-refractivity contribution in [2.45, 2.75) is 25.6 Å². The van der Waals surface area contributed by atoms with E-state index in [0.717, 1.165) is 24.1 Å². The standard InChI is InChI=1S/C15H14Cl3NO/c1-2-4-11-7-10(9-16)8-14(19-11)20-13-6-3-5-12(17)15(13)18/h3,5-8H,2,4,9H2,1H3. The fourth-order valence-electron chi connectivity index (χ4n) is 1.81. The summed E-state index contributed by atoms with van der Waals surface area (Å²) < 4.78 is 5.73. The number of aromatic nitrogens is 1. The number of halogens is 3. The van der Waals surface area contributed by atoms with Crippen LogP contribution >= 0.6 is 34.8 Å². The third kappa shape index (κ3) is 3.78. The van der Waals surface area contributed by atoms with Crippen LogP contribution in [0.5, 0.6) is 11.6 Å². The van der Waals surface area contributed by atoms with Crippen molar-refractivity contribution >= 4 is 34.8 Å². The van der Waals surface area contributed by atoms with Gasteiger partial charge in [-0.05, 0) is 30.2 Å². The SMILES string of the molecule is CCCc1cc(CCl)cc(Oc2cccc(Cl)c2Cl)n1. The Balaban J connectivity index is 2.32. The van der Waals surface area contributed by atoms with Crippen molar-refractivity contribution in [3.63, 3.8) is 0 Å². The Kier molecular flexibility index (Phi) is 5.53. The van der Waals surface area contributed by atoms with Crippen molar-refractivity contribution in [1.82, 2.24) is 4.98 Å². The zero-order valence-electron chi connectivity index (χ0n) is 11.0.